The Hall–Kier alpha value is -2.14. The number of aryl methyl sites for hydroxylation is 1. The second-order valence-electron chi connectivity index (χ2n) is 9.05. The first kappa shape index (κ1) is 27.1. The van der Waals surface area contributed by atoms with Gasteiger partial charge in [-0.25, -0.2) is 8.42 Å². The van der Waals surface area contributed by atoms with Crippen LogP contribution >= 0.6 is 0 Å². The van der Waals surface area contributed by atoms with E-state index in [9.17, 15) is 33.0 Å². The molecule has 0 unspecified atom stereocenters. The molecule has 1 atom stereocenters. The van der Waals surface area contributed by atoms with Crippen LogP contribution in [0.2, 0.25) is 0 Å². The number of rotatable bonds is 12. The number of Topliss-reactive ketones (excluding diaryl/α,β-unsaturated/α-hetero) is 2. The minimum atomic E-state index is -3.57. The number of hydrogen-bond donors (Lipinski definition) is 3. The number of sulfonamides is 1. The Bertz CT molecular complexity index is 953. The quantitative estimate of drug-likeness (QED) is 0.375. The summed E-state index contributed by atoms with van der Waals surface area (Å²) in [5.74, 6) is -1.98. The summed E-state index contributed by atoms with van der Waals surface area (Å²) in [6, 6.07) is 6.44. The highest BCUT2D eigenvalue weighted by molar-refractivity contribution is 7.89. The van der Waals surface area contributed by atoms with Crippen molar-refractivity contribution in [3.8, 4) is 0 Å². The van der Waals surface area contributed by atoms with Gasteiger partial charge in [0.25, 0.3) is 0 Å². The molecule has 3 N–H and O–H groups in total. The third-order valence-electron chi connectivity index (χ3n) is 5.85. The van der Waals surface area contributed by atoms with Crippen LogP contribution in [0.15, 0.2) is 29.2 Å². The number of nitrogens with zero attached hydrogens (tertiary/aromatic N) is 1. The first-order valence-corrected chi connectivity index (χ1v) is 12.6. The number of carbonyl (C=O) groups excluding carboxylic acids is 3. The number of aliphatic hydroxyl groups excluding tert-OH is 2. The molecule has 1 aromatic carbocycles. The Morgan fingerprint density at radius 3 is 2.36 bits per heavy atom. The largest absolute Gasteiger partial charge is 0.396 e. The average Bonchev–Trinajstić information content (AvgIpc) is 2.82. The van der Waals surface area contributed by atoms with Gasteiger partial charge < -0.3 is 15.5 Å². The van der Waals surface area contributed by atoms with Gasteiger partial charge in [-0.3, -0.25) is 14.4 Å². The normalized spacial score (nSPS) is 16.2. The monoisotopic (exact) mass is 482 g/mol. The van der Waals surface area contributed by atoms with E-state index in [1.807, 2.05) is 0 Å². The Kier molecular flexibility index (Phi) is 9.71. The van der Waals surface area contributed by atoms with E-state index in [0.29, 0.717) is 18.7 Å². The molecular formula is C23H34N2O7S. The molecule has 1 amide bonds. The van der Waals surface area contributed by atoms with E-state index < -0.39 is 39.0 Å². The maximum atomic E-state index is 12.8. The van der Waals surface area contributed by atoms with Crippen molar-refractivity contribution < 1.29 is 33.0 Å². The molecule has 0 radical (unpaired) electrons. The summed E-state index contributed by atoms with van der Waals surface area (Å²) in [6.45, 7) is 3.57. The molecule has 33 heavy (non-hydrogen) atoms. The smallest absolute Gasteiger partial charge is 0.249 e. The number of ketones is 2. The van der Waals surface area contributed by atoms with E-state index in [0.717, 1.165) is 19.3 Å². The van der Waals surface area contributed by atoms with Crippen LogP contribution in [-0.4, -0.2) is 72.8 Å². The second-order valence-corrected chi connectivity index (χ2v) is 11.0. The van der Waals surface area contributed by atoms with Crippen LogP contribution in [0.25, 0.3) is 0 Å². The molecule has 10 heteroatoms. The standard InChI is InChI=1S/C23H34N2O7S/c1-23(2,16-26)21(29)22(30)24-12-11-20(28)19(27)10-9-17-7-6-8-18(15-17)33(31,32)25-13-4-3-5-14-25/h6-8,15,21,26,29H,3-5,9-14,16H2,1-2H3,(H,24,30)/t21-/m0/s1. The maximum absolute atomic E-state index is 12.8. The van der Waals surface area contributed by atoms with Gasteiger partial charge in [-0.05, 0) is 37.0 Å². The fraction of sp³-hybridized carbons (Fsp3) is 0.609. The van der Waals surface area contributed by atoms with Gasteiger partial charge in [0.05, 0.1) is 11.5 Å². The molecule has 1 saturated heterocycles. The zero-order chi connectivity index (χ0) is 24.6. The number of benzene rings is 1. The van der Waals surface area contributed by atoms with Gasteiger partial charge in [0, 0.05) is 37.9 Å². The van der Waals surface area contributed by atoms with Crippen molar-refractivity contribution in [1.82, 2.24) is 9.62 Å². The molecular weight excluding hydrogens is 448 g/mol. The van der Waals surface area contributed by atoms with Crippen LogP contribution in [0, 0.1) is 5.41 Å². The third-order valence-corrected chi connectivity index (χ3v) is 7.75. The van der Waals surface area contributed by atoms with Gasteiger partial charge in [-0.15, -0.1) is 0 Å². The van der Waals surface area contributed by atoms with Crippen LogP contribution in [0.1, 0.15) is 51.5 Å². The number of aliphatic hydroxyl groups is 2. The molecule has 0 aromatic heterocycles. The molecule has 2 rings (SSSR count). The molecule has 9 nitrogen and oxygen atoms in total. The Morgan fingerprint density at radius 1 is 1.09 bits per heavy atom. The predicted molar refractivity (Wildman–Crippen MR) is 122 cm³/mol. The number of hydrogen-bond acceptors (Lipinski definition) is 7. The summed E-state index contributed by atoms with van der Waals surface area (Å²) in [7, 11) is -3.57. The number of amides is 1. The molecule has 1 aliphatic rings. The molecule has 184 valence electrons. The molecule has 0 aliphatic carbocycles. The van der Waals surface area contributed by atoms with Gasteiger partial charge in [-0.1, -0.05) is 32.4 Å². The van der Waals surface area contributed by atoms with Gasteiger partial charge in [-0.2, -0.15) is 4.31 Å². The van der Waals surface area contributed by atoms with Crippen molar-refractivity contribution in [1.29, 1.82) is 0 Å². The predicted octanol–water partition coefficient (Wildman–Crippen LogP) is 0.818. The molecule has 1 aromatic rings. The van der Waals surface area contributed by atoms with E-state index in [4.69, 9.17) is 0 Å². The van der Waals surface area contributed by atoms with Gasteiger partial charge >= 0.3 is 0 Å². The maximum Gasteiger partial charge on any atom is 0.249 e. The lowest BCUT2D eigenvalue weighted by Gasteiger charge is -2.27. The highest BCUT2D eigenvalue weighted by Crippen LogP contribution is 2.22. The number of piperidine rings is 1. The lowest BCUT2D eigenvalue weighted by Crippen LogP contribution is -2.46. The van der Waals surface area contributed by atoms with Crippen LogP contribution in [0.3, 0.4) is 0 Å². The Balaban J connectivity index is 1.85. The van der Waals surface area contributed by atoms with Gasteiger partial charge in [0.15, 0.2) is 11.6 Å². The molecule has 0 spiro atoms. The Labute approximate surface area is 195 Å². The zero-order valence-electron chi connectivity index (χ0n) is 19.2. The first-order valence-electron chi connectivity index (χ1n) is 11.2. The highest BCUT2D eigenvalue weighted by Gasteiger charge is 2.33. The van der Waals surface area contributed by atoms with Gasteiger partial charge in [0.2, 0.25) is 15.9 Å². The van der Waals surface area contributed by atoms with Crippen molar-refractivity contribution in [2.45, 2.75) is 63.4 Å². The SMILES string of the molecule is CC(C)(CO)[C@@H](O)C(=O)NCCC(=O)C(=O)CCc1cccc(S(=O)(=O)N2CCCCC2)c1. The van der Waals surface area contributed by atoms with Gasteiger partial charge in [0.1, 0.15) is 6.10 Å². The average molecular weight is 483 g/mol. The number of nitrogens with one attached hydrogen (secondary N) is 1. The molecule has 1 aliphatic heterocycles. The van der Waals surface area contributed by atoms with Crippen molar-refractivity contribution in [2.75, 3.05) is 26.2 Å². The van der Waals surface area contributed by atoms with E-state index in [-0.39, 0.29) is 37.3 Å². The van der Waals surface area contributed by atoms with Crippen molar-refractivity contribution in [3.05, 3.63) is 29.8 Å². The summed E-state index contributed by atoms with van der Waals surface area (Å²) in [5.41, 5.74) is -0.378. The minimum absolute atomic E-state index is 0.0693. The first-order chi connectivity index (χ1) is 15.5. The van der Waals surface area contributed by atoms with E-state index >= 15 is 0 Å². The van der Waals surface area contributed by atoms with E-state index in [1.54, 1.807) is 18.2 Å². The fourth-order valence-corrected chi connectivity index (χ4v) is 5.08. The zero-order valence-corrected chi connectivity index (χ0v) is 20.1. The minimum Gasteiger partial charge on any atom is -0.396 e. The lowest BCUT2D eigenvalue weighted by atomic mass is 9.87. The van der Waals surface area contributed by atoms with Crippen molar-refractivity contribution in [3.63, 3.8) is 0 Å². The topological polar surface area (TPSA) is 141 Å². The summed E-state index contributed by atoms with van der Waals surface area (Å²) in [5, 5.41) is 21.5. The molecule has 0 bridgehead atoms. The van der Waals surface area contributed by atoms with Crippen LogP contribution in [-0.2, 0) is 30.8 Å². The van der Waals surface area contributed by atoms with Crippen molar-refractivity contribution >= 4 is 27.5 Å². The summed E-state index contributed by atoms with van der Waals surface area (Å²) < 4.78 is 27.1. The summed E-state index contributed by atoms with van der Waals surface area (Å²) in [6.07, 6.45) is 1.21. The lowest BCUT2D eigenvalue weighted by molar-refractivity contribution is -0.138. The molecule has 0 saturated carbocycles. The van der Waals surface area contributed by atoms with E-state index in [1.165, 1.54) is 24.2 Å². The number of carbonyl (C=O) groups is 3. The van der Waals surface area contributed by atoms with Crippen LogP contribution < -0.4 is 5.32 Å². The molecule has 1 heterocycles. The molecule has 1 fully saturated rings. The van der Waals surface area contributed by atoms with E-state index in [2.05, 4.69) is 5.32 Å². The van der Waals surface area contributed by atoms with Crippen molar-refractivity contribution in [2.24, 2.45) is 5.41 Å². The Morgan fingerprint density at radius 2 is 1.73 bits per heavy atom. The second kappa shape index (κ2) is 11.8. The highest BCUT2D eigenvalue weighted by atomic mass is 32.2. The van der Waals surface area contributed by atoms with Crippen LogP contribution in [0.4, 0.5) is 0 Å². The fourth-order valence-electron chi connectivity index (χ4n) is 3.49. The van der Waals surface area contributed by atoms with Crippen LogP contribution in [0.5, 0.6) is 0 Å². The summed E-state index contributed by atoms with van der Waals surface area (Å²) >= 11 is 0. The summed E-state index contributed by atoms with van der Waals surface area (Å²) in [4.78, 5) is 36.4. The third kappa shape index (κ3) is 7.43.